The first-order chi connectivity index (χ1) is 6.27. The molecule has 0 bridgehead atoms. The van der Waals surface area contributed by atoms with Crippen LogP contribution in [0.3, 0.4) is 0 Å². The van der Waals surface area contributed by atoms with Crippen molar-refractivity contribution in [1.82, 2.24) is 14.8 Å². The molecule has 5 heteroatoms. The number of halogens is 1. The van der Waals surface area contributed by atoms with Gasteiger partial charge >= 0.3 is 0 Å². The molecule has 4 nitrogen and oxygen atoms in total. The summed E-state index contributed by atoms with van der Waals surface area (Å²) in [4.78, 5) is 0. The van der Waals surface area contributed by atoms with Gasteiger partial charge in [-0.15, -0.1) is 10.2 Å². The van der Waals surface area contributed by atoms with Gasteiger partial charge in [-0.05, 0) is 18.2 Å². The number of hydrogen-bond acceptors (Lipinski definition) is 3. The molecule has 0 aliphatic carbocycles. The summed E-state index contributed by atoms with van der Waals surface area (Å²) in [6, 6.07) is 4.46. The third-order valence-corrected chi connectivity index (χ3v) is 1.67. The van der Waals surface area contributed by atoms with Crippen molar-refractivity contribution in [2.75, 3.05) is 5.73 Å². The molecule has 0 saturated carbocycles. The van der Waals surface area contributed by atoms with Crippen molar-refractivity contribution in [3.05, 3.63) is 36.7 Å². The fourth-order valence-electron chi connectivity index (χ4n) is 1.06. The summed E-state index contributed by atoms with van der Waals surface area (Å²) in [6.07, 6.45) is 2.85. The number of benzene rings is 1. The van der Waals surface area contributed by atoms with Crippen molar-refractivity contribution >= 4 is 5.69 Å². The van der Waals surface area contributed by atoms with Gasteiger partial charge in [0.1, 0.15) is 18.5 Å². The van der Waals surface area contributed by atoms with E-state index < -0.39 is 0 Å². The maximum Gasteiger partial charge on any atom is 0.149 e. The molecule has 13 heavy (non-hydrogen) atoms. The lowest BCUT2D eigenvalue weighted by molar-refractivity contribution is 0.618. The fourth-order valence-corrected chi connectivity index (χ4v) is 1.06. The maximum atomic E-state index is 13.3. The predicted molar refractivity (Wildman–Crippen MR) is 45.7 cm³/mol. The first-order valence-electron chi connectivity index (χ1n) is 3.67. The van der Waals surface area contributed by atoms with Gasteiger partial charge in [-0.2, -0.15) is 0 Å². The monoisotopic (exact) mass is 178 g/mol. The van der Waals surface area contributed by atoms with Crippen LogP contribution in [0.25, 0.3) is 5.69 Å². The quantitative estimate of drug-likeness (QED) is 0.662. The molecule has 1 heterocycles. The smallest absolute Gasteiger partial charge is 0.149 e. The van der Waals surface area contributed by atoms with Gasteiger partial charge in [0.05, 0.1) is 5.69 Å². The number of nitrogen functional groups attached to an aromatic ring is 1. The third kappa shape index (κ3) is 1.35. The molecule has 0 atom stereocenters. The lowest BCUT2D eigenvalue weighted by Gasteiger charge is -2.02. The molecule has 0 unspecified atom stereocenters. The van der Waals surface area contributed by atoms with Crippen LogP contribution in [0.2, 0.25) is 0 Å². The first kappa shape index (κ1) is 7.72. The number of anilines is 1. The highest BCUT2D eigenvalue weighted by molar-refractivity contribution is 5.46. The number of nitrogens with two attached hydrogens (primary N) is 1. The third-order valence-electron chi connectivity index (χ3n) is 1.67. The molecule has 1 aromatic carbocycles. The minimum absolute atomic E-state index is 0.388. The van der Waals surface area contributed by atoms with Crippen molar-refractivity contribution in [2.45, 2.75) is 0 Å². The van der Waals surface area contributed by atoms with E-state index in [2.05, 4.69) is 10.2 Å². The van der Waals surface area contributed by atoms with Crippen LogP contribution < -0.4 is 5.73 Å². The summed E-state index contributed by atoms with van der Waals surface area (Å²) in [7, 11) is 0. The van der Waals surface area contributed by atoms with Crippen molar-refractivity contribution in [2.24, 2.45) is 0 Å². The number of aromatic nitrogens is 3. The highest BCUT2D eigenvalue weighted by Crippen LogP contribution is 2.14. The summed E-state index contributed by atoms with van der Waals surface area (Å²) in [5.41, 5.74) is 6.19. The molecule has 0 aliphatic rings. The highest BCUT2D eigenvalue weighted by Gasteiger charge is 2.03. The lowest BCUT2D eigenvalue weighted by Crippen LogP contribution is -1.96. The summed E-state index contributed by atoms with van der Waals surface area (Å²) in [6.45, 7) is 0. The minimum Gasteiger partial charge on any atom is -0.399 e. The van der Waals surface area contributed by atoms with E-state index in [4.69, 9.17) is 5.73 Å². The van der Waals surface area contributed by atoms with Crippen molar-refractivity contribution < 1.29 is 4.39 Å². The van der Waals surface area contributed by atoms with E-state index in [9.17, 15) is 4.39 Å². The number of rotatable bonds is 1. The Balaban J connectivity index is 2.53. The van der Waals surface area contributed by atoms with E-state index in [-0.39, 0.29) is 5.82 Å². The largest absolute Gasteiger partial charge is 0.399 e. The van der Waals surface area contributed by atoms with Crippen LogP contribution >= 0.6 is 0 Å². The Kier molecular flexibility index (Phi) is 1.70. The van der Waals surface area contributed by atoms with Crippen molar-refractivity contribution in [3.8, 4) is 5.69 Å². The van der Waals surface area contributed by atoms with Gasteiger partial charge in [0.25, 0.3) is 0 Å². The molecule has 2 N–H and O–H groups in total. The maximum absolute atomic E-state index is 13.3. The summed E-state index contributed by atoms with van der Waals surface area (Å²) < 4.78 is 14.7. The van der Waals surface area contributed by atoms with Crippen LogP contribution in [-0.2, 0) is 0 Å². The molecular formula is C8H7FN4. The Bertz CT molecular complexity index is 410. The molecule has 0 fully saturated rings. The van der Waals surface area contributed by atoms with Gasteiger partial charge in [-0.25, -0.2) is 4.39 Å². The topological polar surface area (TPSA) is 56.7 Å². The second-order valence-electron chi connectivity index (χ2n) is 2.58. The normalized spacial score (nSPS) is 10.2. The second-order valence-corrected chi connectivity index (χ2v) is 2.58. The van der Waals surface area contributed by atoms with Crippen LogP contribution in [-0.4, -0.2) is 14.8 Å². The lowest BCUT2D eigenvalue weighted by atomic mass is 10.2. The molecule has 0 radical (unpaired) electrons. The first-order valence-corrected chi connectivity index (χ1v) is 3.67. The van der Waals surface area contributed by atoms with E-state index in [0.717, 1.165) is 0 Å². The zero-order valence-corrected chi connectivity index (χ0v) is 6.68. The molecule has 0 saturated heterocycles. The van der Waals surface area contributed by atoms with E-state index in [1.165, 1.54) is 23.3 Å². The van der Waals surface area contributed by atoms with E-state index >= 15 is 0 Å². The SMILES string of the molecule is Nc1ccc(-n2cnnc2)c(F)c1. The fraction of sp³-hybridized carbons (Fsp3) is 0. The van der Waals surface area contributed by atoms with E-state index in [1.807, 2.05) is 0 Å². The van der Waals surface area contributed by atoms with E-state index in [1.54, 1.807) is 12.1 Å². The van der Waals surface area contributed by atoms with Crippen molar-refractivity contribution in [3.63, 3.8) is 0 Å². The Morgan fingerprint density at radius 3 is 2.54 bits per heavy atom. The zero-order valence-electron chi connectivity index (χ0n) is 6.68. The van der Waals surface area contributed by atoms with Crippen molar-refractivity contribution in [1.29, 1.82) is 0 Å². The molecule has 0 spiro atoms. The van der Waals surface area contributed by atoms with Gasteiger partial charge in [0, 0.05) is 5.69 Å². The van der Waals surface area contributed by atoms with Crippen LogP contribution in [0.5, 0.6) is 0 Å². The summed E-state index contributed by atoms with van der Waals surface area (Å²) in [5.74, 6) is -0.389. The summed E-state index contributed by atoms with van der Waals surface area (Å²) >= 11 is 0. The van der Waals surface area contributed by atoms with Crippen LogP contribution in [0.1, 0.15) is 0 Å². The molecule has 0 aliphatic heterocycles. The molecule has 66 valence electrons. The molecule has 1 aromatic heterocycles. The van der Waals surface area contributed by atoms with Gasteiger partial charge in [-0.1, -0.05) is 0 Å². The van der Waals surface area contributed by atoms with Crippen LogP contribution in [0, 0.1) is 5.82 Å². The zero-order chi connectivity index (χ0) is 9.26. The number of hydrogen-bond donors (Lipinski definition) is 1. The molecular weight excluding hydrogens is 171 g/mol. The minimum atomic E-state index is -0.389. The van der Waals surface area contributed by atoms with E-state index in [0.29, 0.717) is 11.4 Å². The Hall–Kier alpha value is -1.91. The van der Waals surface area contributed by atoms with Gasteiger partial charge < -0.3 is 5.73 Å². The standard InChI is InChI=1S/C8H7FN4/c9-7-3-6(10)1-2-8(7)13-4-11-12-5-13/h1-5H,10H2. The average molecular weight is 178 g/mol. The molecule has 0 amide bonds. The molecule has 2 aromatic rings. The second kappa shape index (κ2) is 2.85. The summed E-state index contributed by atoms with van der Waals surface area (Å²) in [5, 5.41) is 7.15. The van der Waals surface area contributed by atoms with Gasteiger partial charge in [-0.3, -0.25) is 4.57 Å². The molecule has 2 rings (SSSR count). The van der Waals surface area contributed by atoms with Gasteiger partial charge in [0.15, 0.2) is 0 Å². The number of nitrogens with zero attached hydrogens (tertiary/aromatic N) is 3. The highest BCUT2D eigenvalue weighted by atomic mass is 19.1. The van der Waals surface area contributed by atoms with Gasteiger partial charge in [0.2, 0.25) is 0 Å². The van der Waals surface area contributed by atoms with Crippen LogP contribution in [0.15, 0.2) is 30.9 Å². The van der Waals surface area contributed by atoms with Crippen LogP contribution in [0.4, 0.5) is 10.1 Å². The predicted octanol–water partition coefficient (Wildman–Crippen LogP) is 0.989. The Morgan fingerprint density at radius 1 is 1.23 bits per heavy atom. The average Bonchev–Trinajstić information content (AvgIpc) is 2.56. The Labute approximate surface area is 73.8 Å². The Morgan fingerprint density at radius 2 is 1.92 bits per heavy atom.